The smallest absolute Gasteiger partial charge is 0.272 e. The Kier molecular flexibility index (Phi) is 5.78. The highest BCUT2D eigenvalue weighted by atomic mass is 19.1. The Morgan fingerprint density at radius 3 is 2.62 bits per heavy atom. The molecule has 29 heavy (non-hydrogen) atoms. The number of rotatable bonds is 4. The van der Waals surface area contributed by atoms with Crippen molar-refractivity contribution in [1.82, 2.24) is 20.2 Å². The van der Waals surface area contributed by atoms with E-state index >= 15 is 0 Å². The molecule has 2 heterocycles. The number of halogens is 1. The Morgan fingerprint density at radius 2 is 1.97 bits per heavy atom. The molecule has 1 atom stereocenters. The summed E-state index contributed by atoms with van der Waals surface area (Å²) in [4.78, 5) is 30.0. The number of hydrogen-bond acceptors (Lipinski definition) is 3. The second-order valence-electron chi connectivity index (χ2n) is 8.71. The highest BCUT2D eigenvalue weighted by Gasteiger charge is 2.34. The number of benzene rings is 1. The molecule has 0 saturated heterocycles. The zero-order chi connectivity index (χ0) is 21.3. The van der Waals surface area contributed by atoms with E-state index in [1.54, 1.807) is 19.2 Å². The van der Waals surface area contributed by atoms with Gasteiger partial charge >= 0.3 is 0 Å². The number of nitrogens with one attached hydrogen (secondary N) is 2. The van der Waals surface area contributed by atoms with Crippen molar-refractivity contribution in [1.29, 1.82) is 0 Å². The summed E-state index contributed by atoms with van der Waals surface area (Å²) in [6, 6.07) is 4.18. The van der Waals surface area contributed by atoms with E-state index in [0.717, 1.165) is 24.1 Å². The molecule has 0 fully saturated rings. The number of amides is 2. The van der Waals surface area contributed by atoms with Crippen LogP contribution in [-0.4, -0.2) is 34.5 Å². The first-order valence-electron chi connectivity index (χ1n) is 10.0. The molecule has 0 spiro atoms. The Morgan fingerprint density at radius 1 is 1.24 bits per heavy atom. The third-order valence-electron chi connectivity index (χ3n) is 5.35. The van der Waals surface area contributed by atoms with Crippen molar-refractivity contribution >= 4 is 11.8 Å². The fraction of sp³-hybridized carbons (Fsp3) is 0.500. The molecule has 2 aromatic rings. The summed E-state index contributed by atoms with van der Waals surface area (Å²) >= 11 is 0. The number of fused-ring (bicyclic) bond motifs is 1. The number of likely N-dealkylation sites (N-methyl/N-ethyl adjacent to an activating group) is 1. The van der Waals surface area contributed by atoms with Crippen LogP contribution >= 0.6 is 0 Å². The molecular formula is C22H29FN4O2. The van der Waals surface area contributed by atoms with Gasteiger partial charge in [-0.2, -0.15) is 0 Å². The second kappa shape index (κ2) is 7.97. The van der Waals surface area contributed by atoms with E-state index in [1.807, 2.05) is 32.3 Å². The van der Waals surface area contributed by atoms with E-state index in [2.05, 4.69) is 15.6 Å². The zero-order valence-electron chi connectivity index (χ0n) is 17.7. The maximum absolute atomic E-state index is 14.5. The molecule has 0 unspecified atom stereocenters. The third kappa shape index (κ3) is 4.18. The van der Waals surface area contributed by atoms with Crippen molar-refractivity contribution in [3.8, 4) is 11.4 Å². The first-order valence-corrected chi connectivity index (χ1v) is 10.0. The van der Waals surface area contributed by atoms with Crippen LogP contribution < -0.4 is 10.6 Å². The van der Waals surface area contributed by atoms with Crippen LogP contribution in [0.3, 0.4) is 0 Å². The molecule has 0 saturated carbocycles. The summed E-state index contributed by atoms with van der Waals surface area (Å²) in [5.41, 5.74) is 1.92. The maximum atomic E-state index is 14.5. The topological polar surface area (TPSA) is 76.0 Å². The van der Waals surface area contributed by atoms with Crippen LogP contribution in [-0.2, 0) is 17.8 Å². The van der Waals surface area contributed by atoms with E-state index in [0.29, 0.717) is 24.4 Å². The average Bonchev–Trinajstić information content (AvgIpc) is 3.06. The van der Waals surface area contributed by atoms with E-state index < -0.39 is 17.4 Å². The van der Waals surface area contributed by atoms with Crippen molar-refractivity contribution < 1.29 is 14.0 Å². The van der Waals surface area contributed by atoms with Crippen LogP contribution in [0.2, 0.25) is 0 Å². The largest absolute Gasteiger partial charge is 0.357 e. The molecule has 6 nitrogen and oxygen atoms in total. The minimum atomic E-state index is -0.708. The first-order chi connectivity index (χ1) is 13.6. The number of aromatic nitrogens is 2. The molecule has 2 amide bonds. The van der Waals surface area contributed by atoms with Gasteiger partial charge in [0.05, 0.1) is 11.3 Å². The summed E-state index contributed by atoms with van der Waals surface area (Å²) < 4.78 is 16.5. The van der Waals surface area contributed by atoms with Crippen LogP contribution in [0, 0.1) is 18.2 Å². The Hall–Kier alpha value is -2.70. The van der Waals surface area contributed by atoms with Crippen LogP contribution in [0.15, 0.2) is 18.2 Å². The van der Waals surface area contributed by atoms with Crippen LogP contribution in [0.1, 0.15) is 55.4 Å². The standard InChI is InChI=1S/C22H29FN4O2/c1-13-9-10-15(23)14(12-13)19-25-17(16-8-6-7-11-27(16)19)20(28)26-18(21(29)24-5)22(2,3)4/h9-10,12,18H,6-8,11H2,1-5H3,(H,24,29)(H,26,28)/t18-/m1/s1. The third-order valence-corrected chi connectivity index (χ3v) is 5.35. The summed E-state index contributed by atoms with van der Waals surface area (Å²) in [7, 11) is 1.55. The fourth-order valence-corrected chi connectivity index (χ4v) is 3.76. The number of carbonyl (C=O) groups is 2. The highest BCUT2D eigenvalue weighted by molar-refractivity contribution is 5.98. The lowest BCUT2D eigenvalue weighted by Crippen LogP contribution is -2.53. The van der Waals surface area contributed by atoms with E-state index in [4.69, 9.17) is 0 Å². The van der Waals surface area contributed by atoms with Crippen LogP contribution in [0.25, 0.3) is 11.4 Å². The number of nitrogens with zero attached hydrogens (tertiary/aromatic N) is 2. The summed E-state index contributed by atoms with van der Waals surface area (Å²) in [6.45, 7) is 8.26. The molecule has 2 N–H and O–H groups in total. The maximum Gasteiger partial charge on any atom is 0.272 e. The van der Waals surface area contributed by atoms with Gasteiger partial charge in [0, 0.05) is 13.6 Å². The minimum absolute atomic E-state index is 0.260. The van der Waals surface area contributed by atoms with Gasteiger partial charge in [-0.1, -0.05) is 32.4 Å². The average molecular weight is 400 g/mol. The molecular weight excluding hydrogens is 371 g/mol. The highest BCUT2D eigenvalue weighted by Crippen LogP contribution is 2.30. The van der Waals surface area contributed by atoms with Crippen molar-refractivity contribution in [2.24, 2.45) is 5.41 Å². The van der Waals surface area contributed by atoms with Crippen LogP contribution in [0.4, 0.5) is 4.39 Å². The predicted molar refractivity (Wildman–Crippen MR) is 110 cm³/mol. The molecule has 3 rings (SSSR count). The van der Waals surface area contributed by atoms with Gasteiger partial charge in [-0.15, -0.1) is 0 Å². The molecule has 7 heteroatoms. The van der Waals surface area contributed by atoms with Gasteiger partial charge in [0.2, 0.25) is 5.91 Å². The number of hydrogen-bond donors (Lipinski definition) is 2. The van der Waals surface area contributed by atoms with E-state index in [-0.39, 0.29) is 17.4 Å². The minimum Gasteiger partial charge on any atom is -0.357 e. The number of carbonyl (C=O) groups excluding carboxylic acids is 2. The van der Waals surface area contributed by atoms with Gasteiger partial charge in [0.25, 0.3) is 5.91 Å². The van der Waals surface area contributed by atoms with Crippen molar-refractivity contribution in [3.05, 3.63) is 41.0 Å². The Balaban J connectivity index is 2.04. The number of aryl methyl sites for hydroxylation is 1. The zero-order valence-corrected chi connectivity index (χ0v) is 17.7. The van der Waals surface area contributed by atoms with Gasteiger partial charge in [-0.3, -0.25) is 9.59 Å². The van der Waals surface area contributed by atoms with Crippen molar-refractivity contribution in [2.45, 2.75) is 59.5 Å². The molecule has 1 aliphatic heterocycles. The molecule has 0 aliphatic carbocycles. The lowest BCUT2D eigenvalue weighted by molar-refractivity contribution is -0.124. The summed E-state index contributed by atoms with van der Waals surface area (Å²) in [5, 5.41) is 5.45. The summed E-state index contributed by atoms with van der Waals surface area (Å²) in [5.74, 6) is -0.556. The van der Waals surface area contributed by atoms with Gasteiger partial charge in [-0.25, -0.2) is 9.37 Å². The lowest BCUT2D eigenvalue weighted by Gasteiger charge is -2.29. The van der Waals surface area contributed by atoms with Crippen LogP contribution in [0.5, 0.6) is 0 Å². The second-order valence-corrected chi connectivity index (χ2v) is 8.71. The molecule has 0 bridgehead atoms. The summed E-state index contributed by atoms with van der Waals surface area (Å²) in [6.07, 6.45) is 2.59. The Labute approximate surface area is 170 Å². The van der Waals surface area contributed by atoms with E-state index in [9.17, 15) is 14.0 Å². The molecule has 1 aromatic carbocycles. The lowest BCUT2D eigenvalue weighted by atomic mass is 9.86. The normalized spacial score (nSPS) is 14.8. The SMILES string of the molecule is CNC(=O)[C@@H](NC(=O)c1nc(-c2cc(C)ccc2F)n2c1CCCC2)C(C)(C)C. The van der Waals surface area contributed by atoms with Gasteiger partial charge in [-0.05, 0) is 43.7 Å². The molecule has 156 valence electrons. The number of imidazole rings is 1. The van der Waals surface area contributed by atoms with Gasteiger partial charge in [0.1, 0.15) is 23.4 Å². The van der Waals surface area contributed by atoms with Gasteiger partial charge < -0.3 is 15.2 Å². The molecule has 1 aromatic heterocycles. The van der Waals surface area contributed by atoms with E-state index in [1.165, 1.54) is 6.07 Å². The predicted octanol–water partition coefficient (Wildman–Crippen LogP) is 3.22. The van der Waals surface area contributed by atoms with Crippen molar-refractivity contribution in [2.75, 3.05) is 7.05 Å². The fourth-order valence-electron chi connectivity index (χ4n) is 3.76. The van der Waals surface area contributed by atoms with Gasteiger partial charge in [0.15, 0.2) is 0 Å². The quantitative estimate of drug-likeness (QED) is 0.827. The Bertz CT molecular complexity index is 943. The first kappa shape index (κ1) is 21.0. The van der Waals surface area contributed by atoms with Crippen molar-refractivity contribution in [3.63, 3.8) is 0 Å². The molecule has 0 radical (unpaired) electrons. The monoisotopic (exact) mass is 400 g/mol. The molecule has 1 aliphatic rings.